The van der Waals surface area contributed by atoms with Gasteiger partial charge < -0.3 is 24.4 Å². The summed E-state index contributed by atoms with van der Waals surface area (Å²) in [6.45, 7) is 6.10. The molecular formula is C34H43FN4O7S. The summed E-state index contributed by atoms with van der Waals surface area (Å²) in [6.07, 6.45) is 4.64. The molecule has 1 aromatic heterocycles. The van der Waals surface area contributed by atoms with Gasteiger partial charge in [-0.1, -0.05) is 6.92 Å². The van der Waals surface area contributed by atoms with Crippen molar-refractivity contribution in [3.8, 4) is 5.75 Å². The summed E-state index contributed by atoms with van der Waals surface area (Å²) in [5, 5.41) is 10.2. The molecule has 2 amide bonds. The average Bonchev–Trinajstić information content (AvgIpc) is 3.06. The molecule has 11 nitrogen and oxygen atoms in total. The summed E-state index contributed by atoms with van der Waals surface area (Å²) in [5.41, 5.74) is 0.724. The number of pyridine rings is 1. The fourth-order valence-corrected chi connectivity index (χ4v) is 6.39. The molecule has 0 unspecified atom stereocenters. The second-order valence-electron chi connectivity index (χ2n) is 12.0. The van der Waals surface area contributed by atoms with Crippen molar-refractivity contribution in [3.63, 3.8) is 0 Å². The zero-order valence-electron chi connectivity index (χ0n) is 27.1. The van der Waals surface area contributed by atoms with Gasteiger partial charge in [0.1, 0.15) is 11.6 Å². The van der Waals surface area contributed by atoms with E-state index in [-0.39, 0.29) is 59.5 Å². The first-order valence-electron chi connectivity index (χ1n) is 15.7. The molecule has 0 bridgehead atoms. The molecule has 3 aromatic rings. The first kappa shape index (κ1) is 35.8. The molecule has 2 aromatic carbocycles. The number of amides is 2. The Labute approximate surface area is 275 Å². The van der Waals surface area contributed by atoms with Crippen molar-refractivity contribution in [1.82, 2.24) is 14.8 Å². The number of hydrogen-bond donors (Lipinski definition) is 2. The molecule has 0 aliphatic carbocycles. The van der Waals surface area contributed by atoms with E-state index in [9.17, 15) is 27.5 Å². The Bertz CT molecular complexity index is 1610. The first-order valence-corrected chi connectivity index (χ1v) is 17.2. The van der Waals surface area contributed by atoms with Crippen LogP contribution in [0.25, 0.3) is 0 Å². The van der Waals surface area contributed by atoms with Crippen molar-refractivity contribution in [2.75, 3.05) is 38.1 Å². The number of nitrogens with zero attached hydrogens (tertiary/aromatic N) is 3. The number of aliphatic hydroxyl groups excluding tert-OH is 1. The number of carbonyl (C=O) groups excluding carboxylic acids is 2. The SMILES string of the molecule is C[C@H](CO)N1C[C@H](C)[C@H](CN(C)C(=O)c2ccncc2)OCCCC[C@H](C)Oc2ccc(NS(=O)(=O)c3ccc(F)cc3)cc2C1=O. The Kier molecular flexibility index (Phi) is 12.3. The van der Waals surface area contributed by atoms with Crippen LogP contribution < -0.4 is 9.46 Å². The lowest BCUT2D eigenvalue weighted by molar-refractivity contribution is -0.0149. The maximum absolute atomic E-state index is 14.3. The zero-order chi connectivity index (χ0) is 34.1. The molecule has 1 aliphatic heterocycles. The normalized spacial score (nSPS) is 20.3. The van der Waals surface area contributed by atoms with E-state index in [4.69, 9.17) is 9.47 Å². The Morgan fingerprint density at radius 2 is 1.83 bits per heavy atom. The van der Waals surface area contributed by atoms with Crippen molar-refractivity contribution in [3.05, 3.63) is 83.9 Å². The average molecular weight is 671 g/mol. The molecule has 1 aliphatic rings. The number of sulfonamides is 1. The van der Waals surface area contributed by atoms with Gasteiger partial charge in [0.2, 0.25) is 0 Å². The number of ether oxygens (including phenoxy) is 2. The molecular weight excluding hydrogens is 627 g/mol. The van der Waals surface area contributed by atoms with Crippen molar-refractivity contribution < 1.29 is 37.0 Å². The van der Waals surface area contributed by atoms with Gasteiger partial charge in [-0.3, -0.25) is 19.3 Å². The number of rotatable bonds is 8. The molecule has 13 heteroatoms. The molecule has 0 fully saturated rings. The Balaban J connectivity index is 1.66. The number of hydrogen-bond acceptors (Lipinski definition) is 8. The van der Waals surface area contributed by atoms with Crippen LogP contribution in [0.2, 0.25) is 0 Å². The third kappa shape index (κ3) is 9.49. The van der Waals surface area contributed by atoms with Gasteiger partial charge in [-0.25, -0.2) is 12.8 Å². The quantitative estimate of drug-likeness (QED) is 0.355. The molecule has 2 heterocycles. The highest BCUT2D eigenvalue weighted by Crippen LogP contribution is 2.29. The minimum atomic E-state index is -4.10. The van der Waals surface area contributed by atoms with Crippen molar-refractivity contribution >= 4 is 27.5 Å². The molecule has 254 valence electrons. The molecule has 4 rings (SSSR count). The third-order valence-corrected chi connectivity index (χ3v) is 9.55. The van der Waals surface area contributed by atoms with E-state index in [0.29, 0.717) is 18.6 Å². The Morgan fingerprint density at radius 3 is 2.51 bits per heavy atom. The first-order chi connectivity index (χ1) is 22.4. The summed E-state index contributed by atoms with van der Waals surface area (Å²) < 4.78 is 54.6. The molecule has 0 radical (unpaired) electrons. The maximum Gasteiger partial charge on any atom is 0.261 e. The van der Waals surface area contributed by atoms with Crippen molar-refractivity contribution in [2.45, 2.75) is 63.2 Å². The number of benzene rings is 2. The third-order valence-electron chi connectivity index (χ3n) is 8.16. The smallest absolute Gasteiger partial charge is 0.261 e. The predicted molar refractivity (Wildman–Crippen MR) is 175 cm³/mol. The molecule has 0 saturated heterocycles. The number of anilines is 1. The summed E-state index contributed by atoms with van der Waals surface area (Å²) in [7, 11) is -2.40. The summed E-state index contributed by atoms with van der Waals surface area (Å²) in [6, 6.07) is 11.6. The zero-order valence-corrected chi connectivity index (χ0v) is 28.0. The highest BCUT2D eigenvalue weighted by Gasteiger charge is 2.31. The van der Waals surface area contributed by atoms with Gasteiger partial charge in [0.25, 0.3) is 21.8 Å². The second kappa shape index (κ2) is 16.2. The number of fused-ring (bicyclic) bond motifs is 1. The fraction of sp³-hybridized carbons (Fsp3) is 0.441. The second-order valence-corrected chi connectivity index (χ2v) is 13.7. The van der Waals surface area contributed by atoms with E-state index in [1.807, 2.05) is 13.8 Å². The molecule has 47 heavy (non-hydrogen) atoms. The summed E-state index contributed by atoms with van der Waals surface area (Å²) in [4.78, 5) is 34.4. The molecule has 2 N–H and O–H groups in total. The van der Waals surface area contributed by atoms with Crippen LogP contribution in [0, 0.1) is 11.7 Å². The fourth-order valence-electron chi connectivity index (χ4n) is 5.34. The minimum absolute atomic E-state index is 0.112. The lowest BCUT2D eigenvalue weighted by atomic mass is 10.0. The van der Waals surface area contributed by atoms with Gasteiger partial charge >= 0.3 is 0 Å². The van der Waals surface area contributed by atoms with Crippen molar-refractivity contribution in [2.24, 2.45) is 5.92 Å². The van der Waals surface area contributed by atoms with Crippen LogP contribution in [-0.4, -0.2) is 91.7 Å². The van der Waals surface area contributed by atoms with Gasteiger partial charge in [-0.15, -0.1) is 0 Å². The Morgan fingerprint density at radius 1 is 1.13 bits per heavy atom. The molecule has 0 saturated carbocycles. The van der Waals surface area contributed by atoms with Crippen LogP contribution in [0.1, 0.15) is 60.7 Å². The lowest BCUT2D eigenvalue weighted by Gasteiger charge is -2.36. The van der Waals surface area contributed by atoms with E-state index in [1.54, 1.807) is 49.5 Å². The monoisotopic (exact) mass is 670 g/mol. The summed E-state index contributed by atoms with van der Waals surface area (Å²) in [5.74, 6) is -1.22. The van der Waals surface area contributed by atoms with E-state index in [1.165, 1.54) is 17.0 Å². The van der Waals surface area contributed by atoms with E-state index in [2.05, 4.69) is 9.71 Å². The lowest BCUT2D eigenvalue weighted by Crippen LogP contribution is -2.48. The maximum atomic E-state index is 14.3. The number of aliphatic hydroxyl groups is 1. The molecule has 0 spiro atoms. The topological polar surface area (TPSA) is 138 Å². The highest BCUT2D eigenvalue weighted by molar-refractivity contribution is 7.92. The standard InChI is InChI=1S/C34H43FN4O7S/c1-23-20-39(24(2)22-40)34(42)30-19-28(37-47(43,44)29-11-8-27(35)9-12-29)10-13-31(30)46-25(3)7-5-6-18-45-32(23)21-38(4)33(41)26-14-16-36-17-15-26/h8-17,19,23-25,32,37,40H,5-7,18,20-22H2,1-4H3/t23-,24+,25-,32-/m0/s1. The van der Waals surface area contributed by atoms with Crippen LogP contribution in [-0.2, 0) is 14.8 Å². The van der Waals surface area contributed by atoms with Gasteiger partial charge in [-0.2, -0.15) is 0 Å². The van der Waals surface area contributed by atoms with Gasteiger partial charge in [0, 0.05) is 56.3 Å². The Hall–Kier alpha value is -4.07. The van der Waals surface area contributed by atoms with Crippen LogP contribution in [0.4, 0.5) is 10.1 Å². The van der Waals surface area contributed by atoms with Gasteiger partial charge in [-0.05, 0) is 87.7 Å². The van der Waals surface area contributed by atoms with Crippen LogP contribution in [0.15, 0.2) is 71.9 Å². The highest BCUT2D eigenvalue weighted by atomic mass is 32.2. The minimum Gasteiger partial charge on any atom is -0.490 e. The van der Waals surface area contributed by atoms with E-state index >= 15 is 0 Å². The summed E-state index contributed by atoms with van der Waals surface area (Å²) >= 11 is 0. The van der Waals surface area contributed by atoms with Crippen LogP contribution in [0.5, 0.6) is 5.75 Å². The number of likely N-dealkylation sites (N-methyl/N-ethyl adjacent to an activating group) is 1. The van der Waals surface area contributed by atoms with E-state index in [0.717, 1.165) is 37.1 Å². The van der Waals surface area contributed by atoms with Crippen molar-refractivity contribution in [1.29, 1.82) is 0 Å². The van der Waals surface area contributed by atoms with Crippen LogP contribution in [0.3, 0.4) is 0 Å². The number of halogens is 1. The largest absolute Gasteiger partial charge is 0.490 e. The van der Waals surface area contributed by atoms with E-state index < -0.39 is 33.9 Å². The van der Waals surface area contributed by atoms with Crippen LogP contribution >= 0.6 is 0 Å². The number of carbonyl (C=O) groups is 2. The number of aromatic nitrogens is 1. The van der Waals surface area contributed by atoms with Gasteiger partial charge in [0.15, 0.2) is 0 Å². The van der Waals surface area contributed by atoms with Gasteiger partial charge in [0.05, 0.1) is 35.3 Å². The molecule has 4 atom stereocenters. The number of nitrogens with one attached hydrogen (secondary N) is 1. The predicted octanol–water partition coefficient (Wildman–Crippen LogP) is 4.59.